The van der Waals surface area contributed by atoms with Crippen molar-refractivity contribution in [3.63, 3.8) is 0 Å². The second kappa shape index (κ2) is 8.55. The zero-order valence-electron chi connectivity index (χ0n) is 14.3. The van der Waals surface area contributed by atoms with E-state index in [1.165, 1.54) is 24.0 Å². The molecule has 1 aromatic carbocycles. The molecule has 0 atom stereocenters. The van der Waals surface area contributed by atoms with Crippen LogP contribution in [0.15, 0.2) is 52.1 Å². The normalized spacial score (nSPS) is 15.5. The Morgan fingerprint density at radius 1 is 1.17 bits per heavy atom. The topological polar surface area (TPSA) is 49.6 Å². The van der Waals surface area contributed by atoms with Gasteiger partial charge in [-0.15, -0.1) is 24.0 Å². The van der Waals surface area contributed by atoms with Gasteiger partial charge < -0.3 is 15.1 Å². The summed E-state index contributed by atoms with van der Waals surface area (Å²) < 4.78 is 5.34. The van der Waals surface area contributed by atoms with Crippen molar-refractivity contribution >= 4 is 29.9 Å². The third kappa shape index (κ3) is 4.53. The van der Waals surface area contributed by atoms with Crippen LogP contribution in [0.5, 0.6) is 0 Å². The highest BCUT2D eigenvalue weighted by molar-refractivity contribution is 14.0. The van der Waals surface area contributed by atoms with E-state index in [9.17, 15) is 0 Å². The number of guanidine groups is 1. The molecule has 1 fully saturated rings. The fourth-order valence-electron chi connectivity index (χ4n) is 3.01. The van der Waals surface area contributed by atoms with Crippen LogP contribution in [0.1, 0.15) is 36.7 Å². The Morgan fingerprint density at radius 2 is 1.96 bits per heavy atom. The van der Waals surface area contributed by atoms with Crippen LogP contribution in [-0.4, -0.2) is 19.0 Å². The van der Waals surface area contributed by atoms with Crippen molar-refractivity contribution < 1.29 is 4.42 Å². The minimum Gasteiger partial charge on any atom is -0.467 e. The highest BCUT2D eigenvalue weighted by Crippen LogP contribution is 2.48. The highest BCUT2D eigenvalue weighted by Gasteiger charge is 2.44. The lowest BCUT2D eigenvalue weighted by Gasteiger charge is -2.20. The summed E-state index contributed by atoms with van der Waals surface area (Å²) >= 11 is 0. The summed E-state index contributed by atoms with van der Waals surface area (Å²) in [6.45, 7) is 6.60. The number of rotatable bonds is 6. The summed E-state index contributed by atoms with van der Waals surface area (Å²) in [5.74, 6) is 1.73. The maximum absolute atomic E-state index is 5.34. The molecule has 0 radical (unpaired) electrons. The van der Waals surface area contributed by atoms with E-state index in [-0.39, 0.29) is 29.4 Å². The molecule has 2 N–H and O–H groups in total. The molecule has 4 nitrogen and oxygen atoms in total. The maximum atomic E-state index is 5.34. The molecule has 1 saturated carbocycles. The molecule has 2 aromatic rings. The molecular formula is C19H26IN3O. The number of hydrogen-bond donors (Lipinski definition) is 2. The molecule has 0 amide bonds. The third-order valence-electron chi connectivity index (χ3n) is 4.48. The van der Waals surface area contributed by atoms with Crippen molar-refractivity contribution in [2.75, 3.05) is 13.1 Å². The number of nitrogens with zero attached hydrogens (tertiary/aromatic N) is 1. The molecule has 1 aromatic heterocycles. The Bertz CT molecular complexity index is 663. The zero-order chi connectivity index (χ0) is 16.1. The lowest BCUT2D eigenvalue weighted by Crippen LogP contribution is -2.41. The number of aliphatic imine (C=N–C) groups is 1. The van der Waals surface area contributed by atoms with E-state index in [1.54, 1.807) is 6.26 Å². The molecule has 5 heteroatoms. The number of benzene rings is 1. The summed E-state index contributed by atoms with van der Waals surface area (Å²) in [4.78, 5) is 4.60. The van der Waals surface area contributed by atoms with E-state index in [0.717, 1.165) is 24.8 Å². The first-order valence-electron chi connectivity index (χ1n) is 8.34. The molecule has 1 aliphatic rings. The van der Waals surface area contributed by atoms with Crippen LogP contribution in [0.25, 0.3) is 0 Å². The Kier molecular flexibility index (Phi) is 6.71. The van der Waals surface area contributed by atoms with E-state index in [4.69, 9.17) is 4.42 Å². The van der Waals surface area contributed by atoms with Crippen molar-refractivity contribution in [3.05, 3.63) is 59.5 Å². The van der Waals surface area contributed by atoms with Gasteiger partial charge in [0.1, 0.15) is 12.3 Å². The van der Waals surface area contributed by atoms with Crippen LogP contribution >= 0.6 is 24.0 Å². The van der Waals surface area contributed by atoms with Gasteiger partial charge in [0, 0.05) is 18.5 Å². The molecular weight excluding hydrogens is 413 g/mol. The van der Waals surface area contributed by atoms with Crippen LogP contribution in [0.2, 0.25) is 0 Å². The van der Waals surface area contributed by atoms with Crippen molar-refractivity contribution in [2.45, 2.75) is 38.6 Å². The summed E-state index contributed by atoms with van der Waals surface area (Å²) in [6.07, 6.45) is 4.16. The molecule has 0 spiro atoms. The van der Waals surface area contributed by atoms with Gasteiger partial charge in [0.05, 0.1) is 6.26 Å². The number of furan rings is 1. The smallest absolute Gasteiger partial charge is 0.191 e. The van der Waals surface area contributed by atoms with Crippen LogP contribution in [0.3, 0.4) is 0 Å². The summed E-state index contributed by atoms with van der Waals surface area (Å²) in [7, 11) is 0. The number of hydrogen-bond acceptors (Lipinski definition) is 2. The SMILES string of the molecule is CCNC(=NCc1ccco1)NCC1(c2ccccc2C)CC1.I. The van der Waals surface area contributed by atoms with E-state index < -0.39 is 0 Å². The van der Waals surface area contributed by atoms with Gasteiger partial charge in [-0.25, -0.2) is 4.99 Å². The van der Waals surface area contributed by atoms with E-state index in [2.05, 4.69) is 53.7 Å². The van der Waals surface area contributed by atoms with Gasteiger partial charge in [-0.3, -0.25) is 0 Å². The molecule has 0 bridgehead atoms. The van der Waals surface area contributed by atoms with Gasteiger partial charge >= 0.3 is 0 Å². The average molecular weight is 439 g/mol. The quantitative estimate of drug-likeness (QED) is 0.407. The molecule has 1 aliphatic carbocycles. The van der Waals surface area contributed by atoms with Gasteiger partial charge in [0.15, 0.2) is 5.96 Å². The number of halogens is 1. The predicted molar refractivity (Wildman–Crippen MR) is 109 cm³/mol. The first-order valence-corrected chi connectivity index (χ1v) is 8.34. The summed E-state index contributed by atoms with van der Waals surface area (Å²) in [5, 5.41) is 6.82. The fraction of sp³-hybridized carbons (Fsp3) is 0.421. The van der Waals surface area contributed by atoms with E-state index >= 15 is 0 Å². The second-order valence-electron chi connectivity index (χ2n) is 6.22. The Labute approximate surface area is 161 Å². The van der Waals surface area contributed by atoms with Crippen molar-refractivity contribution in [3.8, 4) is 0 Å². The van der Waals surface area contributed by atoms with Gasteiger partial charge in [-0.2, -0.15) is 0 Å². The molecule has 24 heavy (non-hydrogen) atoms. The summed E-state index contributed by atoms with van der Waals surface area (Å²) in [5.41, 5.74) is 3.12. The Morgan fingerprint density at radius 3 is 2.58 bits per heavy atom. The lowest BCUT2D eigenvalue weighted by molar-refractivity contribution is 0.511. The molecule has 3 rings (SSSR count). The van der Waals surface area contributed by atoms with Gasteiger partial charge in [0.2, 0.25) is 0 Å². The highest BCUT2D eigenvalue weighted by atomic mass is 127. The standard InChI is InChI=1S/C19H25N3O.HI/c1-3-20-18(21-13-16-8-6-12-23-16)22-14-19(10-11-19)17-9-5-4-7-15(17)2;/h4-9,12H,3,10-11,13-14H2,1-2H3,(H2,20,21,22);1H. The van der Waals surface area contributed by atoms with Gasteiger partial charge in [0.25, 0.3) is 0 Å². The van der Waals surface area contributed by atoms with Crippen molar-refractivity contribution in [1.29, 1.82) is 0 Å². The fourth-order valence-corrected chi connectivity index (χ4v) is 3.01. The Balaban J connectivity index is 0.00000208. The minimum absolute atomic E-state index is 0. The van der Waals surface area contributed by atoms with Crippen LogP contribution < -0.4 is 10.6 Å². The monoisotopic (exact) mass is 439 g/mol. The van der Waals surface area contributed by atoms with Crippen LogP contribution in [0, 0.1) is 6.92 Å². The average Bonchev–Trinajstić information content (AvgIpc) is 3.16. The largest absolute Gasteiger partial charge is 0.467 e. The predicted octanol–water partition coefficient (Wildman–Crippen LogP) is 3.99. The van der Waals surface area contributed by atoms with E-state index in [1.807, 2.05) is 12.1 Å². The molecule has 0 saturated heterocycles. The summed E-state index contributed by atoms with van der Waals surface area (Å²) in [6, 6.07) is 12.5. The van der Waals surface area contributed by atoms with Gasteiger partial charge in [-0.1, -0.05) is 24.3 Å². The molecule has 1 heterocycles. The minimum atomic E-state index is 0. The number of aryl methyl sites for hydroxylation is 1. The zero-order valence-corrected chi connectivity index (χ0v) is 16.7. The number of nitrogens with one attached hydrogen (secondary N) is 2. The molecule has 0 aliphatic heterocycles. The first kappa shape index (κ1) is 18.8. The van der Waals surface area contributed by atoms with E-state index in [0.29, 0.717) is 6.54 Å². The van der Waals surface area contributed by atoms with Crippen LogP contribution in [-0.2, 0) is 12.0 Å². The maximum Gasteiger partial charge on any atom is 0.191 e. The molecule has 130 valence electrons. The lowest BCUT2D eigenvalue weighted by atomic mass is 9.92. The van der Waals surface area contributed by atoms with Crippen LogP contribution in [0.4, 0.5) is 0 Å². The third-order valence-corrected chi connectivity index (χ3v) is 4.48. The first-order chi connectivity index (χ1) is 11.2. The van der Waals surface area contributed by atoms with Crippen molar-refractivity contribution in [2.24, 2.45) is 4.99 Å². The van der Waals surface area contributed by atoms with Crippen molar-refractivity contribution in [1.82, 2.24) is 10.6 Å². The van der Waals surface area contributed by atoms with Gasteiger partial charge in [-0.05, 0) is 49.9 Å². The Hall–Kier alpha value is -1.50. The second-order valence-corrected chi connectivity index (χ2v) is 6.22. The molecule has 0 unspecified atom stereocenters.